The Balaban J connectivity index is 3.20. The van der Waals surface area contributed by atoms with Crippen LogP contribution < -0.4 is 0 Å². The molecular formula is C12H14FN3O3. The van der Waals surface area contributed by atoms with E-state index in [0.717, 1.165) is 6.07 Å². The van der Waals surface area contributed by atoms with E-state index in [-0.39, 0.29) is 0 Å². The van der Waals surface area contributed by atoms with Crippen LogP contribution in [0, 0.1) is 11.3 Å². The lowest BCUT2D eigenvalue weighted by molar-refractivity contribution is -0.150. The molecule has 1 aromatic rings. The van der Waals surface area contributed by atoms with Crippen LogP contribution in [-0.4, -0.2) is 21.7 Å². The Bertz CT molecular complexity index is 535. The third-order valence-electron chi connectivity index (χ3n) is 1.91. The van der Waals surface area contributed by atoms with Crippen LogP contribution in [0.4, 0.5) is 4.39 Å². The van der Waals surface area contributed by atoms with Crippen molar-refractivity contribution in [2.45, 2.75) is 26.4 Å². The number of hydrogen-bond donors (Lipinski definition) is 2. The first kappa shape index (κ1) is 14.7. The van der Waals surface area contributed by atoms with Crippen molar-refractivity contribution in [3.05, 3.63) is 35.5 Å². The van der Waals surface area contributed by atoms with Gasteiger partial charge in [-0.05, 0) is 32.9 Å². The third-order valence-corrected chi connectivity index (χ3v) is 1.91. The van der Waals surface area contributed by atoms with Crippen LogP contribution in [-0.2, 0) is 9.53 Å². The Morgan fingerprint density at radius 2 is 2.16 bits per heavy atom. The first-order valence-corrected chi connectivity index (χ1v) is 5.41. The fourth-order valence-electron chi connectivity index (χ4n) is 1.19. The van der Waals surface area contributed by atoms with Crippen LogP contribution in [0.5, 0.6) is 0 Å². The van der Waals surface area contributed by atoms with Crippen LogP contribution in [0.1, 0.15) is 26.5 Å². The van der Waals surface area contributed by atoms with E-state index in [1.165, 1.54) is 12.3 Å². The molecule has 0 aliphatic carbocycles. The highest BCUT2D eigenvalue weighted by Crippen LogP contribution is 2.20. The summed E-state index contributed by atoms with van der Waals surface area (Å²) in [7, 11) is 0. The molecule has 0 saturated heterocycles. The van der Waals surface area contributed by atoms with E-state index in [2.05, 4.69) is 10.1 Å². The second-order valence-corrected chi connectivity index (χ2v) is 4.64. The Labute approximate surface area is 109 Å². The minimum Gasteiger partial charge on any atom is -0.504 e. The van der Waals surface area contributed by atoms with Crippen molar-refractivity contribution >= 4 is 11.7 Å². The summed E-state index contributed by atoms with van der Waals surface area (Å²) in [5.74, 6) is -2.68. The normalized spacial score (nSPS) is 12.6. The number of aliphatic hydroxyl groups excluding tert-OH is 1. The van der Waals surface area contributed by atoms with E-state index in [9.17, 15) is 14.3 Å². The molecule has 0 amide bonds. The molecule has 0 fully saturated rings. The molecule has 0 unspecified atom stereocenters. The number of halogens is 1. The molecular weight excluding hydrogens is 253 g/mol. The summed E-state index contributed by atoms with van der Waals surface area (Å²) < 4.78 is 18.4. The molecule has 2 N–H and O–H groups in total. The van der Waals surface area contributed by atoms with Crippen LogP contribution in [0.3, 0.4) is 0 Å². The fraction of sp³-hybridized carbons (Fsp3) is 0.333. The minimum absolute atomic E-state index is 0.459. The van der Waals surface area contributed by atoms with Crippen LogP contribution in [0.25, 0.3) is 5.76 Å². The average molecular weight is 267 g/mol. The highest BCUT2D eigenvalue weighted by molar-refractivity contribution is 5.95. The number of aromatic nitrogens is 1. The number of aliphatic hydroxyl groups is 1. The van der Waals surface area contributed by atoms with Gasteiger partial charge in [-0.15, -0.1) is 5.11 Å². The molecule has 19 heavy (non-hydrogen) atoms. The van der Waals surface area contributed by atoms with Crippen molar-refractivity contribution in [3.63, 3.8) is 0 Å². The summed E-state index contributed by atoms with van der Waals surface area (Å²) >= 11 is 0. The number of hydrogen-bond acceptors (Lipinski definition) is 6. The lowest BCUT2D eigenvalue weighted by atomic mass is 10.2. The largest absolute Gasteiger partial charge is 0.504 e. The van der Waals surface area contributed by atoms with Crippen LogP contribution in [0.2, 0.25) is 0 Å². The average Bonchev–Trinajstić information content (AvgIpc) is 2.27. The molecule has 7 heteroatoms. The summed E-state index contributed by atoms with van der Waals surface area (Å²) in [6, 6.07) is 2.40. The molecule has 0 saturated carbocycles. The standard InChI is InChI=1S/C12H14FN3O3/c1-12(2,3)19-11(18)9(16-14)10(17)8-7(13)5-4-6-15-8/h4-6,14,17H,1-3H3. The third kappa shape index (κ3) is 3.84. The smallest absolute Gasteiger partial charge is 0.363 e. The maximum atomic E-state index is 13.4. The quantitative estimate of drug-likeness (QED) is 0.381. The molecule has 0 radical (unpaired) electrons. The molecule has 0 aliphatic rings. The van der Waals surface area contributed by atoms with Crippen LogP contribution in [0.15, 0.2) is 29.1 Å². The lowest BCUT2D eigenvalue weighted by Crippen LogP contribution is -2.25. The van der Waals surface area contributed by atoms with Gasteiger partial charge >= 0.3 is 5.97 Å². The zero-order valence-corrected chi connectivity index (χ0v) is 10.8. The summed E-state index contributed by atoms with van der Waals surface area (Å²) in [4.78, 5) is 15.3. The van der Waals surface area contributed by atoms with Crippen molar-refractivity contribution < 1.29 is 19.0 Å². The van der Waals surface area contributed by atoms with E-state index in [0.29, 0.717) is 0 Å². The Morgan fingerprint density at radius 1 is 1.53 bits per heavy atom. The molecule has 6 nitrogen and oxygen atoms in total. The predicted octanol–water partition coefficient (Wildman–Crippen LogP) is 2.82. The number of nitrogens with zero attached hydrogens (tertiary/aromatic N) is 2. The number of esters is 1. The summed E-state index contributed by atoms with van der Waals surface area (Å²) in [6.07, 6.45) is 1.24. The number of carbonyl (C=O) groups is 1. The van der Waals surface area contributed by atoms with Crippen molar-refractivity contribution in [1.29, 1.82) is 5.53 Å². The number of rotatable bonds is 3. The summed E-state index contributed by atoms with van der Waals surface area (Å²) in [5.41, 5.74) is 4.92. The van der Waals surface area contributed by atoms with E-state index < -0.39 is 34.5 Å². The van der Waals surface area contributed by atoms with Crippen molar-refractivity contribution in [1.82, 2.24) is 4.98 Å². The zero-order valence-electron chi connectivity index (χ0n) is 10.8. The Kier molecular flexibility index (Phi) is 4.31. The second-order valence-electron chi connectivity index (χ2n) is 4.64. The first-order chi connectivity index (χ1) is 8.76. The SMILES string of the molecule is CC(C)(C)OC(=O)C(N=N)=C(O)c1ncccc1F. The van der Waals surface area contributed by atoms with Crippen molar-refractivity contribution in [2.24, 2.45) is 5.11 Å². The monoisotopic (exact) mass is 267 g/mol. The van der Waals surface area contributed by atoms with E-state index in [4.69, 9.17) is 10.3 Å². The number of carbonyl (C=O) groups excluding carboxylic acids is 1. The van der Waals surface area contributed by atoms with Crippen molar-refractivity contribution in [2.75, 3.05) is 0 Å². The molecule has 0 aliphatic heterocycles. The van der Waals surface area contributed by atoms with Gasteiger partial charge in [0.05, 0.1) is 0 Å². The van der Waals surface area contributed by atoms with Gasteiger partial charge in [-0.3, -0.25) is 0 Å². The van der Waals surface area contributed by atoms with Gasteiger partial charge in [-0.2, -0.15) is 0 Å². The van der Waals surface area contributed by atoms with Gasteiger partial charge in [0.25, 0.3) is 0 Å². The highest BCUT2D eigenvalue weighted by atomic mass is 19.1. The molecule has 1 aromatic heterocycles. The number of nitrogens with one attached hydrogen (secondary N) is 1. The van der Waals surface area contributed by atoms with E-state index in [1.807, 2.05) is 0 Å². The summed E-state index contributed by atoms with van der Waals surface area (Å²) in [5, 5.41) is 12.7. The van der Waals surface area contributed by atoms with Gasteiger partial charge in [0.2, 0.25) is 5.70 Å². The molecule has 0 spiro atoms. The predicted molar refractivity (Wildman–Crippen MR) is 64.7 cm³/mol. The van der Waals surface area contributed by atoms with Crippen LogP contribution >= 0.6 is 0 Å². The van der Waals surface area contributed by atoms with Gasteiger partial charge < -0.3 is 9.84 Å². The van der Waals surface area contributed by atoms with Gasteiger partial charge in [-0.1, -0.05) is 0 Å². The molecule has 0 bridgehead atoms. The zero-order chi connectivity index (χ0) is 14.6. The van der Waals surface area contributed by atoms with E-state index >= 15 is 0 Å². The molecule has 1 rings (SSSR count). The molecule has 0 aromatic carbocycles. The van der Waals surface area contributed by atoms with Gasteiger partial charge in [0.15, 0.2) is 11.6 Å². The fourth-order valence-corrected chi connectivity index (χ4v) is 1.19. The Hall–Kier alpha value is -2.31. The minimum atomic E-state index is -1.02. The maximum absolute atomic E-state index is 13.4. The second kappa shape index (κ2) is 5.55. The first-order valence-electron chi connectivity index (χ1n) is 5.41. The number of pyridine rings is 1. The Morgan fingerprint density at radius 3 is 2.63 bits per heavy atom. The van der Waals surface area contributed by atoms with Gasteiger partial charge in [0, 0.05) is 6.20 Å². The van der Waals surface area contributed by atoms with Gasteiger partial charge in [0.1, 0.15) is 11.3 Å². The van der Waals surface area contributed by atoms with Crippen molar-refractivity contribution in [3.8, 4) is 0 Å². The topological polar surface area (TPSA) is 95.6 Å². The lowest BCUT2D eigenvalue weighted by Gasteiger charge is -2.19. The number of ether oxygens (including phenoxy) is 1. The molecule has 102 valence electrons. The van der Waals surface area contributed by atoms with E-state index in [1.54, 1.807) is 20.8 Å². The molecule has 1 heterocycles. The highest BCUT2D eigenvalue weighted by Gasteiger charge is 2.25. The maximum Gasteiger partial charge on any atom is 0.363 e. The van der Waals surface area contributed by atoms with Gasteiger partial charge in [-0.25, -0.2) is 19.7 Å². The summed E-state index contributed by atoms with van der Waals surface area (Å²) in [6.45, 7) is 4.85. The molecule has 0 atom stereocenters.